The zero-order chi connectivity index (χ0) is 17.6. The van der Waals surface area contributed by atoms with Crippen molar-refractivity contribution in [3.05, 3.63) is 5.82 Å². The van der Waals surface area contributed by atoms with Crippen molar-refractivity contribution >= 4 is 6.09 Å². The van der Waals surface area contributed by atoms with Crippen molar-refractivity contribution in [1.82, 2.24) is 25.1 Å². The second-order valence-electron chi connectivity index (χ2n) is 7.17. The molecule has 8 heteroatoms. The fourth-order valence-electron chi connectivity index (χ4n) is 2.75. The van der Waals surface area contributed by atoms with Crippen LogP contribution in [0.3, 0.4) is 0 Å². The minimum Gasteiger partial charge on any atom is -0.444 e. The van der Waals surface area contributed by atoms with E-state index in [0.29, 0.717) is 32.1 Å². The Labute approximate surface area is 143 Å². The molecule has 1 fully saturated rings. The van der Waals surface area contributed by atoms with Gasteiger partial charge in [0.2, 0.25) is 0 Å². The number of rotatable bonds is 6. The van der Waals surface area contributed by atoms with Crippen LogP contribution in [0, 0.1) is 5.92 Å². The molecular formula is C16H29N5O3. The lowest BCUT2D eigenvalue weighted by Crippen LogP contribution is -2.43. The standard InChI is InChI=1S/C16H29N5O3/c1-5-21-14(17-18-19-21)8-10-23-12-13-7-6-9-20(11-13)15(22)24-16(2,3)4/h13H,5-12H2,1-4H3/t13-/m0/s1. The van der Waals surface area contributed by atoms with Gasteiger partial charge in [-0.2, -0.15) is 0 Å². The van der Waals surface area contributed by atoms with Gasteiger partial charge in [0.25, 0.3) is 0 Å². The summed E-state index contributed by atoms with van der Waals surface area (Å²) in [4.78, 5) is 13.9. The lowest BCUT2D eigenvalue weighted by Gasteiger charge is -2.34. The van der Waals surface area contributed by atoms with E-state index in [4.69, 9.17) is 9.47 Å². The van der Waals surface area contributed by atoms with Crippen LogP contribution in [-0.4, -0.2) is 63.1 Å². The van der Waals surface area contributed by atoms with Gasteiger partial charge in [0.1, 0.15) is 5.60 Å². The summed E-state index contributed by atoms with van der Waals surface area (Å²) in [6.07, 6.45) is 2.53. The van der Waals surface area contributed by atoms with E-state index in [1.165, 1.54) is 0 Å². The number of carbonyl (C=O) groups excluding carboxylic acids is 1. The topological polar surface area (TPSA) is 82.4 Å². The second-order valence-corrected chi connectivity index (χ2v) is 7.17. The molecule has 0 N–H and O–H groups in total. The number of aromatic nitrogens is 4. The molecule has 1 aromatic rings. The SMILES string of the molecule is CCn1nnnc1CCOC[C@H]1CCCN(C(=O)OC(C)(C)C)C1. The van der Waals surface area contributed by atoms with Crippen LogP contribution < -0.4 is 0 Å². The maximum absolute atomic E-state index is 12.2. The number of amides is 1. The summed E-state index contributed by atoms with van der Waals surface area (Å²) in [6, 6.07) is 0. The third kappa shape index (κ3) is 5.74. The highest BCUT2D eigenvalue weighted by Gasteiger charge is 2.27. The summed E-state index contributed by atoms with van der Waals surface area (Å²) < 4.78 is 13.0. The number of hydrogen-bond acceptors (Lipinski definition) is 6. The molecule has 1 aliphatic heterocycles. The van der Waals surface area contributed by atoms with Crippen LogP contribution in [0.2, 0.25) is 0 Å². The molecule has 1 amide bonds. The molecule has 0 aliphatic carbocycles. The summed E-state index contributed by atoms with van der Waals surface area (Å²) >= 11 is 0. The van der Waals surface area contributed by atoms with Crippen molar-refractivity contribution in [2.45, 2.75) is 59.1 Å². The summed E-state index contributed by atoms with van der Waals surface area (Å²) in [5, 5.41) is 11.6. The molecule has 2 heterocycles. The zero-order valence-electron chi connectivity index (χ0n) is 15.2. The van der Waals surface area contributed by atoms with Crippen molar-refractivity contribution in [3.8, 4) is 0 Å². The Bertz CT molecular complexity index is 526. The molecular weight excluding hydrogens is 310 g/mol. The van der Waals surface area contributed by atoms with Gasteiger partial charge in [-0.25, -0.2) is 9.48 Å². The van der Waals surface area contributed by atoms with Gasteiger partial charge in [0.15, 0.2) is 5.82 Å². The first kappa shape index (κ1) is 18.6. The van der Waals surface area contributed by atoms with Crippen molar-refractivity contribution in [2.24, 2.45) is 5.92 Å². The molecule has 24 heavy (non-hydrogen) atoms. The van der Waals surface area contributed by atoms with Crippen molar-refractivity contribution in [1.29, 1.82) is 0 Å². The Morgan fingerprint density at radius 3 is 2.88 bits per heavy atom. The number of likely N-dealkylation sites (tertiary alicyclic amines) is 1. The smallest absolute Gasteiger partial charge is 0.410 e. The number of tetrazole rings is 1. The molecule has 0 unspecified atom stereocenters. The van der Waals surface area contributed by atoms with Gasteiger partial charge in [-0.3, -0.25) is 0 Å². The largest absolute Gasteiger partial charge is 0.444 e. The quantitative estimate of drug-likeness (QED) is 0.736. The van der Waals surface area contributed by atoms with E-state index >= 15 is 0 Å². The molecule has 1 aliphatic rings. The molecule has 1 saturated heterocycles. The van der Waals surface area contributed by atoms with E-state index in [9.17, 15) is 4.79 Å². The number of ether oxygens (including phenoxy) is 2. The fourth-order valence-corrected chi connectivity index (χ4v) is 2.75. The van der Waals surface area contributed by atoms with E-state index in [1.54, 1.807) is 9.58 Å². The third-order valence-electron chi connectivity index (χ3n) is 3.90. The molecule has 8 nitrogen and oxygen atoms in total. The fraction of sp³-hybridized carbons (Fsp3) is 0.875. The van der Waals surface area contributed by atoms with Crippen molar-refractivity contribution in [2.75, 3.05) is 26.3 Å². The van der Waals surface area contributed by atoms with Gasteiger partial charge in [-0.15, -0.1) is 5.10 Å². The van der Waals surface area contributed by atoms with Crippen LogP contribution in [0.5, 0.6) is 0 Å². The van der Waals surface area contributed by atoms with Crippen LogP contribution >= 0.6 is 0 Å². The first-order valence-electron chi connectivity index (χ1n) is 8.69. The summed E-state index contributed by atoms with van der Waals surface area (Å²) in [7, 11) is 0. The van der Waals surface area contributed by atoms with Gasteiger partial charge in [-0.1, -0.05) is 0 Å². The first-order valence-corrected chi connectivity index (χ1v) is 8.69. The van der Waals surface area contributed by atoms with Crippen LogP contribution in [-0.2, 0) is 22.4 Å². The minimum absolute atomic E-state index is 0.227. The van der Waals surface area contributed by atoms with Gasteiger partial charge in [-0.05, 0) is 51.0 Å². The number of hydrogen-bond donors (Lipinski definition) is 0. The maximum atomic E-state index is 12.2. The Kier molecular flexibility index (Phi) is 6.53. The Balaban J connectivity index is 1.70. The number of piperidine rings is 1. The summed E-state index contributed by atoms with van der Waals surface area (Å²) in [6.45, 7) is 11.1. The van der Waals surface area contributed by atoms with E-state index in [2.05, 4.69) is 15.5 Å². The average Bonchev–Trinajstić information content (AvgIpc) is 2.98. The van der Waals surface area contributed by atoms with E-state index in [0.717, 1.165) is 31.8 Å². The molecule has 0 bridgehead atoms. The van der Waals surface area contributed by atoms with Gasteiger partial charge in [0, 0.05) is 32.0 Å². The number of carbonyl (C=O) groups is 1. The molecule has 0 spiro atoms. The predicted molar refractivity (Wildman–Crippen MR) is 88.5 cm³/mol. The van der Waals surface area contributed by atoms with E-state index in [1.807, 2.05) is 27.7 Å². The maximum Gasteiger partial charge on any atom is 0.410 e. The van der Waals surface area contributed by atoms with Gasteiger partial charge in [0.05, 0.1) is 13.2 Å². The highest BCUT2D eigenvalue weighted by atomic mass is 16.6. The third-order valence-corrected chi connectivity index (χ3v) is 3.90. The Morgan fingerprint density at radius 2 is 2.17 bits per heavy atom. The van der Waals surface area contributed by atoms with Crippen LogP contribution in [0.25, 0.3) is 0 Å². The Morgan fingerprint density at radius 1 is 1.38 bits per heavy atom. The van der Waals surface area contributed by atoms with Gasteiger partial charge < -0.3 is 14.4 Å². The number of nitrogens with zero attached hydrogens (tertiary/aromatic N) is 5. The highest BCUT2D eigenvalue weighted by Crippen LogP contribution is 2.19. The molecule has 136 valence electrons. The molecule has 1 atom stereocenters. The van der Waals surface area contributed by atoms with E-state index < -0.39 is 5.60 Å². The molecule has 2 rings (SSSR count). The first-order chi connectivity index (χ1) is 11.4. The monoisotopic (exact) mass is 339 g/mol. The highest BCUT2D eigenvalue weighted by molar-refractivity contribution is 5.68. The van der Waals surface area contributed by atoms with Crippen molar-refractivity contribution in [3.63, 3.8) is 0 Å². The van der Waals surface area contributed by atoms with Crippen LogP contribution in [0.15, 0.2) is 0 Å². The molecule has 0 radical (unpaired) electrons. The molecule has 1 aromatic heterocycles. The van der Waals surface area contributed by atoms with Gasteiger partial charge >= 0.3 is 6.09 Å². The number of aryl methyl sites for hydroxylation is 1. The second kappa shape index (κ2) is 8.41. The minimum atomic E-state index is -0.455. The molecule has 0 aromatic carbocycles. The normalized spacial score (nSPS) is 18.7. The molecule has 0 saturated carbocycles. The lowest BCUT2D eigenvalue weighted by atomic mass is 9.99. The van der Waals surface area contributed by atoms with Crippen LogP contribution in [0.4, 0.5) is 4.79 Å². The summed E-state index contributed by atoms with van der Waals surface area (Å²) in [5.41, 5.74) is -0.455. The lowest BCUT2D eigenvalue weighted by molar-refractivity contribution is 0.00765. The average molecular weight is 339 g/mol. The van der Waals surface area contributed by atoms with Crippen molar-refractivity contribution < 1.29 is 14.3 Å². The zero-order valence-corrected chi connectivity index (χ0v) is 15.2. The summed E-state index contributed by atoms with van der Waals surface area (Å²) in [5.74, 6) is 1.20. The predicted octanol–water partition coefficient (Wildman–Crippen LogP) is 1.90. The van der Waals surface area contributed by atoms with Crippen LogP contribution in [0.1, 0.15) is 46.4 Å². The Hall–Kier alpha value is -1.70. The van der Waals surface area contributed by atoms with E-state index in [-0.39, 0.29) is 6.09 Å².